The van der Waals surface area contributed by atoms with E-state index in [1.54, 1.807) is 18.3 Å². The van der Waals surface area contributed by atoms with Crippen LogP contribution < -0.4 is 11.6 Å². The summed E-state index contributed by atoms with van der Waals surface area (Å²) in [6.07, 6.45) is 1.55. The number of rotatable bonds is 3. The smallest absolute Gasteiger partial charge is 0.153 e. The number of hydrazone groups is 1. The molecule has 0 aliphatic carbocycles. The van der Waals surface area contributed by atoms with Crippen LogP contribution in [0.4, 0.5) is 0 Å². The van der Waals surface area contributed by atoms with E-state index in [0.717, 1.165) is 0 Å². The van der Waals surface area contributed by atoms with E-state index in [0.29, 0.717) is 23.1 Å². The average molecular weight is 214 g/mol. The number of nitrogens with two attached hydrogens (primary N) is 2. The first-order chi connectivity index (χ1) is 6.63. The lowest BCUT2D eigenvalue weighted by atomic mass is 10.3. The Balaban J connectivity index is 2.83. The predicted octanol–water partition coefficient (Wildman–Crippen LogP) is 0.551. The molecule has 0 saturated heterocycles. The molecule has 0 bridgehead atoms. The predicted molar refractivity (Wildman–Crippen MR) is 56.5 cm³/mol. The topological polar surface area (TPSA) is 80.5 Å². The zero-order valence-electron chi connectivity index (χ0n) is 7.81. The molecule has 6 heteroatoms. The van der Waals surface area contributed by atoms with Gasteiger partial charge in [-0.25, -0.2) is 15.9 Å². The number of hydrogen-bond acceptors (Lipinski definition) is 4. The number of pyridine rings is 1. The van der Waals surface area contributed by atoms with E-state index in [2.05, 4.69) is 10.1 Å². The first-order valence-electron chi connectivity index (χ1n) is 4.11. The van der Waals surface area contributed by atoms with Crippen LogP contribution in [0.3, 0.4) is 0 Å². The van der Waals surface area contributed by atoms with Crippen molar-refractivity contribution in [2.45, 2.75) is 6.92 Å². The van der Waals surface area contributed by atoms with Gasteiger partial charge in [0.25, 0.3) is 0 Å². The monoisotopic (exact) mass is 213 g/mol. The number of hydrogen-bond donors (Lipinski definition) is 2. The molecular formula is C8H12ClN5. The molecule has 0 aromatic carbocycles. The first-order valence-corrected chi connectivity index (χ1v) is 4.49. The van der Waals surface area contributed by atoms with E-state index < -0.39 is 0 Å². The Kier molecular flexibility index (Phi) is 3.67. The summed E-state index contributed by atoms with van der Waals surface area (Å²) in [7, 11) is 0. The van der Waals surface area contributed by atoms with Crippen molar-refractivity contribution in [1.29, 1.82) is 0 Å². The fourth-order valence-electron chi connectivity index (χ4n) is 0.794. The van der Waals surface area contributed by atoms with Crippen LogP contribution in [0.1, 0.15) is 12.5 Å². The quantitative estimate of drug-likeness (QED) is 0.253. The van der Waals surface area contributed by atoms with Crippen molar-refractivity contribution >= 4 is 17.4 Å². The maximum Gasteiger partial charge on any atom is 0.153 e. The van der Waals surface area contributed by atoms with Gasteiger partial charge in [-0.15, -0.1) is 5.10 Å². The van der Waals surface area contributed by atoms with Crippen molar-refractivity contribution in [3.05, 3.63) is 29.0 Å². The van der Waals surface area contributed by atoms with Crippen LogP contribution in [0.25, 0.3) is 0 Å². The van der Waals surface area contributed by atoms with Gasteiger partial charge in [0.15, 0.2) is 5.84 Å². The summed E-state index contributed by atoms with van der Waals surface area (Å²) in [5.74, 6) is 5.78. The van der Waals surface area contributed by atoms with Crippen LogP contribution in [0.5, 0.6) is 0 Å². The van der Waals surface area contributed by atoms with E-state index in [-0.39, 0.29) is 0 Å². The van der Waals surface area contributed by atoms with Crippen molar-refractivity contribution in [2.24, 2.45) is 16.7 Å². The van der Waals surface area contributed by atoms with Gasteiger partial charge >= 0.3 is 0 Å². The summed E-state index contributed by atoms with van der Waals surface area (Å²) in [6.45, 7) is 2.46. The molecule has 0 atom stereocenters. The molecule has 0 radical (unpaired) electrons. The van der Waals surface area contributed by atoms with Gasteiger partial charge in [0.2, 0.25) is 0 Å². The van der Waals surface area contributed by atoms with E-state index >= 15 is 0 Å². The van der Waals surface area contributed by atoms with Gasteiger partial charge in [0, 0.05) is 11.8 Å². The Labute approximate surface area is 87.3 Å². The van der Waals surface area contributed by atoms with Crippen LogP contribution >= 0.6 is 11.6 Å². The largest absolute Gasteiger partial charge is 0.382 e. The minimum absolute atomic E-state index is 0.318. The third kappa shape index (κ3) is 2.86. The summed E-state index contributed by atoms with van der Waals surface area (Å²) < 4.78 is 0. The van der Waals surface area contributed by atoms with Gasteiger partial charge in [-0.2, -0.15) is 0 Å². The molecule has 4 N–H and O–H groups in total. The fourth-order valence-corrected chi connectivity index (χ4v) is 0.906. The average Bonchev–Trinajstić information content (AvgIpc) is 2.18. The molecule has 1 aromatic heterocycles. The third-order valence-electron chi connectivity index (χ3n) is 1.58. The maximum atomic E-state index is 5.67. The minimum Gasteiger partial charge on any atom is -0.382 e. The lowest BCUT2D eigenvalue weighted by Gasteiger charge is -2.09. The van der Waals surface area contributed by atoms with Gasteiger partial charge in [0.1, 0.15) is 5.15 Å². The second kappa shape index (κ2) is 4.78. The Bertz CT molecular complexity index is 321. The second-order valence-electron chi connectivity index (χ2n) is 2.61. The molecule has 1 aromatic rings. The Morgan fingerprint density at radius 1 is 1.64 bits per heavy atom. The Morgan fingerprint density at radius 3 is 2.86 bits per heavy atom. The number of halogens is 1. The molecule has 0 fully saturated rings. The molecule has 0 spiro atoms. The second-order valence-corrected chi connectivity index (χ2v) is 3.00. The zero-order chi connectivity index (χ0) is 10.6. The van der Waals surface area contributed by atoms with Crippen molar-refractivity contribution in [1.82, 2.24) is 10.1 Å². The molecule has 0 aliphatic rings. The minimum atomic E-state index is 0.318. The Morgan fingerprint density at radius 2 is 2.36 bits per heavy atom. The fraction of sp³-hybridized carbons (Fsp3) is 0.250. The lowest BCUT2D eigenvalue weighted by molar-refractivity contribution is 0.316. The summed E-state index contributed by atoms with van der Waals surface area (Å²) in [5.41, 5.74) is 6.36. The van der Waals surface area contributed by atoms with Crippen molar-refractivity contribution in [2.75, 3.05) is 6.54 Å². The molecule has 14 heavy (non-hydrogen) atoms. The van der Waals surface area contributed by atoms with Gasteiger partial charge in [0.05, 0.1) is 6.54 Å². The maximum absolute atomic E-state index is 5.67. The SMILES string of the molecule is CCN(N)/N=C(\N)c1ccc(Cl)nc1. The van der Waals surface area contributed by atoms with Crippen LogP contribution in [0, 0.1) is 0 Å². The number of nitrogens with zero attached hydrogens (tertiary/aromatic N) is 3. The zero-order valence-corrected chi connectivity index (χ0v) is 8.57. The molecule has 0 amide bonds. The molecule has 1 heterocycles. The highest BCUT2D eigenvalue weighted by Crippen LogP contribution is 2.04. The highest BCUT2D eigenvalue weighted by molar-refractivity contribution is 6.29. The van der Waals surface area contributed by atoms with Crippen LogP contribution in [-0.4, -0.2) is 22.5 Å². The van der Waals surface area contributed by atoms with E-state index in [4.69, 9.17) is 23.2 Å². The van der Waals surface area contributed by atoms with Crippen LogP contribution in [0.2, 0.25) is 5.15 Å². The lowest BCUT2D eigenvalue weighted by Crippen LogP contribution is -2.29. The van der Waals surface area contributed by atoms with Crippen molar-refractivity contribution in [3.8, 4) is 0 Å². The van der Waals surface area contributed by atoms with Crippen LogP contribution in [-0.2, 0) is 0 Å². The summed E-state index contributed by atoms with van der Waals surface area (Å²) in [4.78, 5) is 3.88. The van der Waals surface area contributed by atoms with Crippen LogP contribution in [0.15, 0.2) is 23.4 Å². The van der Waals surface area contributed by atoms with Gasteiger partial charge in [-0.3, -0.25) is 0 Å². The van der Waals surface area contributed by atoms with Gasteiger partial charge in [-0.05, 0) is 19.1 Å². The number of aromatic nitrogens is 1. The van der Waals surface area contributed by atoms with Crippen molar-refractivity contribution in [3.63, 3.8) is 0 Å². The highest BCUT2D eigenvalue weighted by Gasteiger charge is 2.00. The van der Waals surface area contributed by atoms with Gasteiger partial charge < -0.3 is 5.73 Å². The number of amidine groups is 1. The summed E-state index contributed by atoms with van der Waals surface area (Å²) in [5, 5.41) is 5.59. The molecule has 1 rings (SSSR count). The molecule has 0 saturated carbocycles. The summed E-state index contributed by atoms with van der Waals surface area (Å²) >= 11 is 5.62. The van der Waals surface area contributed by atoms with E-state index in [1.165, 1.54) is 5.12 Å². The molecule has 5 nitrogen and oxygen atoms in total. The number of hydrazine groups is 1. The highest BCUT2D eigenvalue weighted by atomic mass is 35.5. The van der Waals surface area contributed by atoms with Crippen molar-refractivity contribution < 1.29 is 0 Å². The molecule has 0 aliphatic heterocycles. The molecular weight excluding hydrogens is 202 g/mol. The van der Waals surface area contributed by atoms with E-state index in [1.807, 2.05) is 6.92 Å². The Hall–Kier alpha value is -1.33. The van der Waals surface area contributed by atoms with Gasteiger partial charge in [-0.1, -0.05) is 11.6 Å². The molecule has 76 valence electrons. The first kappa shape index (κ1) is 10.7. The summed E-state index contributed by atoms with van der Waals surface area (Å²) in [6, 6.07) is 3.38. The molecule has 0 unspecified atom stereocenters. The normalized spacial score (nSPS) is 11.5. The van der Waals surface area contributed by atoms with E-state index in [9.17, 15) is 0 Å². The standard InChI is InChI=1S/C8H12ClN5/c1-2-14(11)13-8(10)6-3-4-7(9)12-5-6/h3-5H,2,11H2,1H3,(H2,10,13). The third-order valence-corrected chi connectivity index (χ3v) is 1.81.